The van der Waals surface area contributed by atoms with Crippen LogP contribution in [0, 0.1) is 0 Å². The molecule has 0 spiro atoms. The van der Waals surface area contributed by atoms with Gasteiger partial charge in [0.15, 0.2) is 0 Å². The first-order valence-corrected chi connectivity index (χ1v) is 7.32. The first kappa shape index (κ1) is 10.9. The number of hydrogen-bond acceptors (Lipinski definition) is 4. The van der Waals surface area contributed by atoms with Gasteiger partial charge < -0.3 is 4.57 Å². The third-order valence-corrected chi connectivity index (χ3v) is 3.96. The van der Waals surface area contributed by atoms with E-state index in [0.29, 0.717) is 0 Å². The summed E-state index contributed by atoms with van der Waals surface area (Å²) in [6.07, 6.45) is 1.98. The smallest absolute Gasteiger partial charge is 0.260 e. The zero-order chi connectivity index (χ0) is 13.0. The Morgan fingerprint density at radius 2 is 1.89 bits per heavy atom. The van der Waals surface area contributed by atoms with Gasteiger partial charge in [-0.05, 0) is 25.3 Å². The first-order valence-electron chi connectivity index (χ1n) is 6.10. The fourth-order valence-corrected chi connectivity index (χ4v) is 2.94. The van der Waals surface area contributed by atoms with Gasteiger partial charge in [0.1, 0.15) is 0 Å². The van der Waals surface area contributed by atoms with Crippen molar-refractivity contribution in [1.82, 2.24) is 28.8 Å². The van der Waals surface area contributed by atoms with Crippen molar-refractivity contribution in [2.24, 2.45) is 0 Å². The number of nitrogens with zero attached hydrogens (tertiary/aromatic N) is 6. The van der Waals surface area contributed by atoms with Crippen LogP contribution >= 0.6 is 11.8 Å². The van der Waals surface area contributed by atoms with Crippen LogP contribution in [0.2, 0.25) is 0 Å². The van der Waals surface area contributed by atoms with E-state index in [1.54, 1.807) is 16.3 Å². The molecular weight excluding hydrogens is 260 g/mol. The third kappa shape index (κ3) is 1.25. The van der Waals surface area contributed by atoms with Gasteiger partial charge in [-0.15, -0.1) is 15.3 Å². The molecule has 0 aliphatic rings. The molecule has 0 saturated carbocycles. The van der Waals surface area contributed by atoms with E-state index in [1.807, 2.05) is 18.4 Å². The molecule has 0 atom stereocenters. The Morgan fingerprint density at radius 3 is 2.63 bits per heavy atom. The Hall–Kier alpha value is -2.02. The van der Waals surface area contributed by atoms with Gasteiger partial charge in [-0.3, -0.25) is 0 Å². The fourth-order valence-electron chi connectivity index (χ4n) is 2.53. The highest BCUT2D eigenvalue weighted by Crippen LogP contribution is 2.23. The van der Waals surface area contributed by atoms with Gasteiger partial charge in [-0.25, -0.2) is 4.40 Å². The van der Waals surface area contributed by atoms with E-state index in [-0.39, 0.29) is 0 Å². The van der Waals surface area contributed by atoms with Crippen LogP contribution < -0.4 is 0 Å². The highest BCUT2D eigenvalue weighted by Gasteiger charge is 2.18. The van der Waals surface area contributed by atoms with Crippen molar-refractivity contribution >= 4 is 34.4 Å². The van der Waals surface area contributed by atoms with Gasteiger partial charge in [0.2, 0.25) is 10.9 Å². The number of thioether (sulfide) groups is 1. The number of imidazole rings is 1. The molecule has 0 radical (unpaired) electrons. The van der Waals surface area contributed by atoms with Crippen LogP contribution in [0.3, 0.4) is 0 Å². The zero-order valence-corrected chi connectivity index (χ0v) is 11.4. The van der Waals surface area contributed by atoms with Gasteiger partial charge >= 0.3 is 0 Å². The lowest BCUT2D eigenvalue weighted by Crippen LogP contribution is -1.96. The molecule has 0 amide bonds. The minimum Gasteiger partial charge on any atom is -0.309 e. The minimum atomic E-state index is 0.766. The molecular formula is C12H12N6S. The summed E-state index contributed by atoms with van der Waals surface area (Å²) < 4.78 is 6.05. The van der Waals surface area contributed by atoms with Crippen LogP contribution in [-0.4, -0.2) is 35.0 Å². The van der Waals surface area contributed by atoms with Gasteiger partial charge in [0, 0.05) is 6.54 Å². The van der Waals surface area contributed by atoms with Crippen molar-refractivity contribution in [3.05, 3.63) is 24.3 Å². The molecule has 96 valence electrons. The Balaban J connectivity index is 2.28. The average molecular weight is 272 g/mol. The van der Waals surface area contributed by atoms with Crippen molar-refractivity contribution in [2.75, 3.05) is 6.26 Å². The SMILES string of the molecule is CCn1c2ccccc2n2c1nn1c(SC)nnc12. The van der Waals surface area contributed by atoms with Crippen molar-refractivity contribution in [3.63, 3.8) is 0 Å². The van der Waals surface area contributed by atoms with Crippen LogP contribution in [0.15, 0.2) is 29.4 Å². The third-order valence-electron chi connectivity index (χ3n) is 3.34. The van der Waals surface area contributed by atoms with Crippen molar-refractivity contribution in [1.29, 1.82) is 0 Å². The quantitative estimate of drug-likeness (QED) is 0.524. The van der Waals surface area contributed by atoms with E-state index in [2.05, 4.69) is 43.3 Å². The van der Waals surface area contributed by atoms with E-state index in [0.717, 1.165) is 28.8 Å². The molecule has 4 aromatic rings. The van der Waals surface area contributed by atoms with Crippen LogP contribution in [0.25, 0.3) is 22.6 Å². The predicted molar refractivity (Wildman–Crippen MR) is 74.7 cm³/mol. The molecule has 0 fully saturated rings. The number of hydrogen-bond donors (Lipinski definition) is 0. The molecule has 0 aliphatic carbocycles. The number of rotatable bonds is 2. The Kier molecular flexibility index (Phi) is 2.14. The highest BCUT2D eigenvalue weighted by molar-refractivity contribution is 7.98. The summed E-state index contributed by atoms with van der Waals surface area (Å²) in [4.78, 5) is 0. The second-order valence-electron chi connectivity index (χ2n) is 4.27. The molecule has 0 N–H and O–H groups in total. The van der Waals surface area contributed by atoms with Crippen LogP contribution in [0.4, 0.5) is 0 Å². The Bertz CT molecular complexity index is 899. The Labute approximate surface area is 113 Å². The molecule has 19 heavy (non-hydrogen) atoms. The zero-order valence-electron chi connectivity index (χ0n) is 10.6. The van der Waals surface area contributed by atoms with Gasteiger partial charge in [0.25, 0.3) is 5.78 Å². The number of fused-ring (bicyclic) bond motifs is 5. The van der Waals surface area contributed by atoms with E-state index in [9.17, 15) is 0 Å². The second kappa shape index (κ2) is 3.74. The second-order valence-corrected chi connectivity index (χ2v) is 5.04. The summed E-state index contributed by atoms with van der Waals surface area (Å²) in [7, 11) is 0. The molecule has 3 aromatic heterocycles. The van der Waals surface area contributed by atoms with Crippen LogP contribution in [0.5, 0.6) is 0 Å². The molecule has 0 bridgehead atoms. The average Bonchev–Trinajstić information content (AvgIpc) is 3.06. The lowest BCUT2D eigenvalue weighted by Gasteiger charge is -1.98. The maximum absolute atomic E-state index is 4.65. The Morgan fingerprint density at radius 1 is 1.11 bits per heavy atom. The standard InChI is InChI=1S/C12H12N6S/c1-3-16-8-6-4-5-7-9(8)17-10-13-14-12(19-2)18(10)15-11(16)17/h4-7H,3H2,1-2H3. The summed E-state index contributed by atoms with van der Waals surface area (Å²) in [5.74, 6) is 1.67. The molecule has 4 rings (SSSR count). The highest BCUT2D eigenvalue weighted by atomic mass is 32.2. The molecule has 1 aromatic carbocycles. The predicted octanol–water partition coefficient (Wildman–Crippen LogP) is 2.07. The summed E-state index contributed by atoms with van der Waals surface area (Å²) in [6.45, 7) is 3.00. The topological polar surface area (TPSA) is 52.4 Å². The van der Waals surface area contributed by atoms with Gasteiger partial charge in [0.05, 0.1) is 11.0 Å². The maximum Gasteiger partial charge on any atom is 0.260 e. The minimum absolute atomic E-state index is 0.766. The van der Waals surface area contributed by atoms with Crippen molar-refractivity contribution in [2.45, 2.75) is 18.6 Å². The lowest BCUT2D eigenvalue weighted by molar-refractivity contribution is 0.774. The van der Waals surface area contributed by atoms with Gasteiger partial charge in [-0.1, -0.05) is 23.9 Å². The van der Waals surface area contributed by atoms with Crippen LogP contribution in [-0.2, 0) is 6.54 Å². The van der Waals surface area contributed by atoms with Crippen molar-refractivity contribution < 1.29 is 0 Å². The fraction of sp³-hybridized carbons (Fsp3) is 0.250. The molecule has 0 saturated heterocycles. The number of aromatic nitrogens is 6. The van der Waals surface area contributed by atoms with Crippen molar-refractivity contribution in [3.8, 4) is 0 Å². The first-order chi connectivity index (χ1) is 9.35. The van der Waals surface area contributed by atoms with E-state index < -0.39 is 0 Å². The molecule has 3 heterocycles. The molecule has 7 heteroatoms. The molecule has 0 unspecified atom stereocenters. The number of aryl methyl sites for hydroxylation is 1. The monoisotopic (exact) mass is 272 g/mol. The van der Waals surface area contributed by atoms with Gasteiger partial charge in [-0.2, -0.15) is 4.52 Å². The van der Waals surface area contributed by atoms with E-state index >= 15 is 0 Å². The summed E-state index contributed by atoms with van der Waals surface area (Å²) in [5.41, 5.74) is 2.28. The van der Waals surface area contributed by atoms with Crippen LogP contribution in [0.1, 0.15) is 6.92 Å². The maximum atomic E-state index is 4.65. The number of benzene rings is 1. The lowest BCUT2D eigenvalue weighted by atomic mass is 10.3. The number of para-hydroxylation sites is 2. The summed E-state index contributed by atoms with van der Waals surface area (Å²) >= 11 is 1.55. The van der Waals surface area contributed by atoms with E-state index in [4.69, 9.17) is 0 Å². The molecule has 0 aliphatic heterocycles. The normalized spacial score (nSPS) is 12.1. The van der Waals surface area contributed by atoms with E-state index in [1.165, 1.54) is 5.52 Å². The largest absolute Gasteiger partial charge is 0.309 e. The summed E-state index contributed by atoms with van der Waals surface area (Å²) in [6, 6.07) is 8.27. The molecule has 6 nitrogen and oxygen atoms in total. The summed E-state index contributed by atoms with van der Waals surface area (Å²) in [5, 5.41) is 13.9.